The maximum absolute atomic E-state index is 13.2. The van der Waals surface area contributed by atoms with E-state index in [-0.39, 0.29) is 24.5 Å². The average Bonchev–Trinajstić information content (AvgIpc) is 3.29. The molecule has 0 aromatic heterocycles. The summed E-state index contributed by atoms with van der Waals surface area (Å²) in [6, 6.07) is 13.2. The second-order valence-electron chi connectivity index (χ2n) is 8.22. The molecule has 0 saturated heterocycles. The second kappa shape index (κ2) is 11.8. The van der Waals surface area contributed by atoms with E-state index < -0.39 is 6.04 Å². The summed E-state index contributed by atoms with van der Waals surface area (Å²) in [5, 5.41) is 3.12. The first-order chi connectivity index (χ1) is 15.4. The van der Waals surface area contributed by atoms with Crippen LogP contribution in [0.4, 0.5) is 0 Å². The molecule has 1 fully saturated rings. The number of rotatable bonds is 9. The van der Waals surface area contributed by atoms with Crippen molar-refractivity contribution < 1.29 is 14.3 Å². The van der Waals surface area contributed by atoms with E-state index in [1.165, 1.54) is 5.56 Å². The monoisotopic (exact) mass is 564 g/mol. The van der Waals surface area contributed by atoms with Gasteiger partial charge in [0.05, 0.1) is 4.47 Å². The van der Waals surface area contributed by atoms with E-state index in [0.717, 1.165) is 46.6 Å². The Kier molecular flexibility index (Phi) is 9.17. The molecular weight excluding hydrogens is 536 g/mol. The van der Waals surface area contributed by atoms with Gasteiger partial charge in [0.25, 0.3) is 5.91 Å². The number of benzene rings is 2. The van der Waals surface area contributed by atoms with E-state index in [4.69, 9.17) is 4.74 Å². The quantitative estimate of drug-likeness (QED) is 0.429. The zero-order valence-electron chi connectivity index (χ0n) is 18.6. The van der Waals surface area contributed by atoms with Crippen molar-refractivity contribution in [2.75, 3.05) is 6.61 Å². The average molecular weight is 566 g/mol. The third-order valence-electron chi connectivity index (χ3n) is 5.87. The van der Waals surface area contributed by atoms with Crippen molar-refractivity contribution in [3.8, 4) is 5.75 Å². The third kappa shape index (κ3) is 6.82. The topological polar surface area (TPSA) is 58.6 Å². The highest BCUT2D eigenvalue weighted by molar-refractivity contribution is 9.10. The van der Waals surface area contributed by atoms with Crippen LogP contribution in [0.3, 0.4) is 0 Å². The van der Waals surface area contributed by atoms with E-state index in [0.29, 0.717) is 12.3 Å². The van der Waals surface area contributed by atoms with Crippen molar-refractivity contribution in [2.45, 2.75) is 64.6 Å². The molecule has 0 spiro atoms. The van der Waals surface area contributed by atoms with E-state index in [1.807, 2.05) is 42.5 Å². The molecule has 1 saturated carbocycles. The second-order valence-corrected chi connectivity index (χ2v) is 9.99. The number of halogens is 2. The largest absolute Gasteiger partial charge is 0.483 e. The van der Waals surface area contributed by atoms with Crippen LogP contribution in [-0.2, 0) is 22.6 Å². The molecule has 1 unspecified atom stereocenters. The van der Waals surface area contributed by atoms with Gasteiger partial charge in [-0.2, -0.15) is 0 Å². The summed E-state index contributed by atoms with van der Waals surface area (Å²) in [4.78, 5) is 27.8. The Bertz CT molecular complexity index is 945. The minimum absolute atomic E-state index is 0.117. The number of amides is 2. The Hall–Kier alpha value is -1.86. The molecule has 0 heterocycles. The first kappa shape index (κ1) is 24.8. The SMILES string of the molecule is CCc1ccc(OCC(=O)N(Cc2cccc(Br)c2)C(C)C(=O)NC2CCCC2)c(Br)c1. The predicted octanol–water partition coefficient (Wildman–Crippen LogP) is 5.63. The van der Waals surface area contributed by atoms with E-state index in [9.17, 15) is 9.59 Å². The Morgan fingerprint density at radius 2 is 1.88 bits per heavy atom. The lowest BCUT2D eigenvalue weighted by atomic mass is 10.1. The zero-order valence-corrected chi connectivity index (χ0v) is 21.7. The summed E-state index contributed by atoms with van der Waals surface area (Å²) in [5.41, 5.74) is 2.13. The van der Waals surface area contributed by atoms with Crippen molar-refractivity contribution in [1.82, 2.24) is 10.2 Å². The Balaban J connectivity index is 1.72. The van der Waals surface area contributed by atoms with Crippen molar-refractivity contribution in [3.05, 3.63) is 62.5 Å². The smallest absolute Gasteiger partial charge is 0.261 e. The number of carbonyl (C=O) groups excluding carboxylic acids is 2. The molecule has 7 heteroatoms. The summed E-state index contributed by atoms with van der Waals surface area (Å²) in [5.74, 6) is 0.264. The summed E-state index contributed by atoms with van der Waals surface area (Å²) >= 11 is 7.00. The van der Waals surface area contributed by atoms with Crippen LogP contribution in [-0.4, -0.2) is 35.4 Å². The van der Waals surface area contributed by atoms with Crippen LogP contribution in [0.2, 0.25) is 0 Å². The number of hydrogen-bond donors (Lipinski definition) is 1. The van der Waals surface area contributed by atoms with Crippen molar-refractivity contribution in [1.29, 1.82) is 0 Å². The lowest BCUT2D eigenvalue weighted by molar-refractivity contribution is -0.142. The molecular formula is C25H30Br2N2O3. The number of ether oxygens (including phenoxy) is 1. The van der Waals surface area contributed by atoms with Crippen LogP contribution in [0.25, 0.3) is 0 Å². The summed E-state index contributed by atoms with van der Waals surface area (Å²) in [6.07, 6.45) is 5.21. The Morgan fingerprint density at radius 3 is 2.53 bits per heavy atom. The number of hydrogen-bond acceptors (Lipinski definition) is 3. The molecule has 1 N–H and O–H groups in total. The lowest BCUT2D eigenvalue weighted by Crippen LogP contribution is -2.50. The molecule has 0 radical (unpaired) electrons. The molecule has 0 bridgehead atoms. The summed E-state index contributed by atoms with van der Waals surface area (Å²) < 4.78 is 7.57. The van der Waals surface area contributed by atoms with Crippen LogP contribution in [0.1, 0.15) is 50.7 Å². The van der Waals surface area contributed by atoms with Crippen molar-refractivity contribution >= 4 is 43.7 Å². The molecule has 0 aliphatic heterocycles. The molecule has 172 valence electrons. The van der Waals surface area contributed by atoms with Crippen LogP contribution in [0, 0.1) is 0 Å². The normalized spacial score (nSPS) is 14.8. The van der Waals surface area contributed by atoms with Crippen LogP contribution < -0.4 is 10.1 Å². The summed E-state index contributed by atoms with van der Waals surface area (Å²) in [6.45, 7) is 4.06. The maximum atomic E-state index is 13.2. The van der Waals surface area contributed by atoms with Gasteiger partial charge in [-0.05, 0) is 77.5 Å². The molecule has 2 aromatic rings. The van der Waals surface area contributed by atoms with Crippen molar-refractivity contribution in [3.63, 3.8) is 0 Å². The van der Waals surface area contributed by atoms with Crippen LogP contribution in [0.15, 0.2) is 51.4 Å². The van der Waals surface area contributed by atoms with Gasteiger partial charge in [0.15, 0.2) is 6.61 Å². The fourth-order valence-corrected chi connectivity index (χ4v) is 4.90. The predicted molar refractivity (Wildman–Crippen MR) is 134 cm³/mol. The van der Waals surface area contributed by atoms with Crippen LogP contribution >= 0.6 is 31.9 Å². The lowest BCUT2D eigenvalue weighted by Gasteiger charge is -2.29. The Labute approximate surface area is 207 Å². The summed E-state index contributed by atoms with van der Waals surface area (Å²) in [7, 11) is 0. The number of aryl methyl sites for hydroxylation is 1. The van der Waals surface area contributed by atoms with E-state index >= 15 is 0 Å². The molecule has 32 heavy (non-hydrogen) atoms. The van der Waals surface area contributed by atoms with Gasteiger partial charge < -0.3 is 15.0 Å². The van der Waals surface area contributed by atoms with Gasteiger partial charge in [-0.15, -0.1) is 0 Å². The van der Waals surface area contributed by atoms with Gasteiger partial charge in [0.1, 0.15) is 11.8 Å². The standard InChI is InChI=1S/C25H30Br2N2O3/c1-3-18-11-12-23(22(27)14-18)32-16-24(30)29(15-19-7-6-8-20(26)13-19)17(2)25(31)28-21-9-4-5-10-21/h6-8,11-14,17,21H,3-5,9-10,15-16H2,1-2H3,(H,28,31). The zero-order chi connectivity index (χ0) is 23.1. The molecule has 2 amide bonds. The molecule has 1 atom stereocenters. The first-order valence-electron chi connectivity index (χ1n) is 11.1. The number of nitrogens with one attached hydrogen (secondary N) is 1. The fourth-order valence-electron chi connectivity index (χ4n) is 3.91. The number of carbonyl (C=O) groups is 2. The molecule has 3 rings (SSSR count). The van der Waals surface area contributed by atoms with Gasteiger partial charge in [0.2, 0.25) is 5.91 Å². The fraction of sp³-hybridized carbons (Fsp3) is 0.440. The highest BCUT2D eigenvalue weighted by Gasteiger charge is 2.29. The molecule has 1 aliphatic carbocycles. The highest BCUT2D eigenvalue weighted by Crippen LogP contribution is 2.26. The highest BCUT2D eigenvalue weighted by atomic mass is 79.9. The molecule has 1 aliphatic rings. The van der Waals surface area contributed by atoms with Gasteiger partial charge in [-0.1, -0.05) is 53.9 Å². The van der Waals surface area contributed by atoms with Gasteiger partial charge in [-0.25, -0.2) is 0 Å². The first-order valence-corrected chi connectivity index (χ1v) is 12.7. The van der Waals surface area contributed by atoms with E-state index in [2.05, 4.69) is 44.1 Å². The Morgan fingerprint density at radius 1 is 1.12 bits per heavy atom. The van der Waals surface area contributed by atoms with E-state index in [1.54, 1.807) is 11.8 Å². The number of nitrogens with zero attached hydrogens (tertiary/aromatic N) is 1. The maximum Gasteiger partial charge on any atom is 0.261 e. The van der Waals surface area contributed by atoms with Gasteiger partial charge in [0, 0.05) is 17.1 Å². The minimum Gasteiger partial charge on any atom is -0.483 e. The third-order valence-corrected chi connectivity index (χ3v) is 6.98. The van der Waals surface area contributed by atoms with Gasteiger partial charge in [-0.3, -0.25) is 9.59 Å². The minimum atomic E-state index is -0.600. The van der Waals surface area contributed by atoms with Gasteiger partial charge >= 0.3 is 0 Å². The molecule has 5 nitrogen and oxygen atoms in total. The van der Waals surface area contributed by atoms with Crippen LogP contribution in [0.5, 0.6) is 5.75 Å². The van der Waals surface area contributed by atoms with Crippen molar-refractivity contribution in [2.24, 2.45) is 0 Å². The molecule has 2 aromatic carbocycles.